The maximum absolute atomic E-state index is 13.4. The smallest absolute Gasteiger partial charge is 0.252 e. The number of fused-ring (bicyclic) bond motifs is 1. The van der Waals surface area contributed by atoms with Gasteiger partial charge in [-0.25, -0.2) is 9.07 Å². The second kappa shape index (κ2) is 10.3. The Bertz CT molecular complexity index is 1390. The molecule has 0 amide bonds. The van der Waals surface area contributed by atoms with E-state index in [1.807, 2.05) is 35.9 Å². The second-order valence-corrected chi connectivity index (χ2v) is 10.3. The maximum Gasteiger partial charge on any atom is 0.252 e. The third kappa shape index (κ3) is 4.95. The summed E-state index contributed by atoms with van der Waals surface area (Å²) in [5.74, 6) is 0.721. The van der Waals surface area contributed by atoms with Gasteiger partial charge in [-0.1, -0.05) is 57.0 Å². The zero-order chi connectivity index (χ0) is 25.2. The predicted molar refractivity (Wildman–Crippen MR) is 138 cm³/mol. The normalized spacial score (nSPS) is 15.4. The molecule has 8 heteroatoms. The van der Waals surface area contributed by atoms with Gasteiger partial charge in [0.05, 0.1) is 18.1 Å². The zero-order valence-electron chi connectivity index (χ0n) is 21.1. The zero-order valence-corrected chi connectivity index (χ0v) is 21.1. The first-order valence-electron chi connectivity index (χ1n) is 12.8. The predicted octanol–water partition coefficient (Wildman–Crippen LogP) is 5.15. The number of benzene rings is 2. The summed E-state index contributed by atoms with van der Waals surface area (Å²) in [6.45, 7) is 7.35. The maximum atomic E-state index is 13.4. The number of tetrazole rings is 1. The molecular weight excluding hydrogens is 455 g/mol. The van der Waals surface area contributed by atoms with Crippen LogP contribution >= 0.6 is 0 Å². The first-order chi connectivity index (χ1) is 17.4. The summed E-state index contributed by atoms with van der Waals surface area (Å²) in [6.07, 6.45) is 4.54. The lowest BCUT2D eigenvalue weighted by molar-refractivity contribution is 0.0844. The molecule has 1 unspecified atom stereocenters. The molecule has 1 aliphatic carbocycles. The molecule has 0 spiro atoms. The summed E-state index contributed by atoms with van der Waals surface area (Å²) in [6, 6.07) is 14.8. The van der Waals surface area contributed by atoms with Gasteiger partial charge < -0.3 is 4.98 Å². The Labute approximate surface area is 210 Å². The van der Waals surface area contributed by atoms with E-state index in [9.17, 15) is 9.18 Å². The van der Waals surface area contributed by atoms with E-state index in [4.69, 9.17) is 0 Å². The summed E-state index contributed by atoms with van der Waals surface area (Å²) in [4.78, 5) is 18.7. The van der Waals surface area contributed by atoms with Crippen LogP contribution < -0.4 is 5.56 Å². The van der Waals surface area contributed by atoms with Crippen LogP contribution in [-0.4, -0.2) is 36.1 Å². The van der Waals surface area contributed by atoms with E-state index in [-0.39, 0.29) is 23.3 Å². The molecule has 1 fully saturated rings. The highest BCUT2D eigenvalue weighted by atomic mass is 19.1. The van der Waals surface area contributed by atoms with Gasteiger partial charge in [-0.3, -0.25) is 9.69 Å². The van der Waals surface area contributed by atoms with Gasteiger partial charge in [0.2, 0.25) is 0 Å². The fraction of sp³-hybridized carbons (Fsp3) is 0.429. The van der Waals surface area contributed by atoms with E-state index in [1.165, 1.54) is 25.0 Å². The fourth-order valence-electron chi connectivity index (χ4n) is 5.56. The lowest BCUT2D eigenvalue weighted by Gasteiger charge is -2.38. The van der Waals surface area contributed by atoms with Crippen molar-refractivity contribution < 1.29 is 4.39 Å². The van der Waals surface area contributed by atoms with Crippen LogP contribution in [0, 0.1) is 18.7 Å². The lowest BCUT2D eigenvalue weighted by atomic mass is 9.97. The van der Waals surface area contributed by atoms with E-state index in [1.54, 1.807) is 12.1 Å². The molecule has 1 N–H and O–H groups in total. The third-order valence-electron chi connectivity index (χ3n) is 7.37. The number of nitrogens with one attached hydrogen (secondary N) is 1. The molecule has 36 heavy (non-hydrogen) atoms. The number of aromatic nitrogens is 5. The SMILES string of the molecule is Cc1cccc2cc(CN(C3CCCC3)C(c3nnnn3Cc3ccc(F)cc3)C(C)C)c(=O)[nH]c12. The molecule has 1 saturated carbocycles. The van der Waals surface area contributed by atoms with Crippen molar-refractivity contribution in [3.05, 3.63) is 87.2 Å². The molecule has 0 bridgehead atoms. The Balaban J connectivity index is 1.53. The molecule has 0 radical (unpaired) electrons. The van der Waals surface area contributed by atoms with E-state index in [2.05, 4.69) is 39.3 Å². The minimum Gasteiger partial charge on any atom is -0.321 e. The quantitative estimate of drug-likeness (QED) is 0.371. The molecule has 0 aliphatic heterocycles. The van der Waals surface area contributed by atoms with Crippen molar-refractivity contribution in [2.75, 3.05) is 0 Å². The number of pyridine rings is 1. The molecule has 2 aromatic carbocycles. The van der Waals surface area contributed by atoms with Gasteiger partial charge >= 0.3 is 0 Å². The van der Waals surface area contributed by atoms with Crippen molar-refractivity contribution in [1.29, 1.82) is 0 Å². The first-order valence-corrected chi connectivity index (χ1v) is 12.8. The van der Waals surface area contributed by atoms with Crippen LogP contribution in [-0.2, 0) is 13.1 Å². The van der Waals surface area contributed by atoms with Crippen LogP contribution in [0.1, 0.15) is 68.1 Å². The average molecular weight is 489 g/mol. The van der Waals surface area contributed by atoms with E-state index >= 15 is 0 Å². The molecule has 2 aromatic heterocycles. The van der Waals surface area contributed by atoms with Crippen molar-refractivity contribution in [2.24, 2.45) is 5.92 Å². The Hall–Kier alpha value is -3.39. The van der Waals surface area contributed by atoms with E-state index in [0.717, 1.165) is 46.3 Å². The van der Waals surface area contributed by atoms with Crippen LogP contribution in [0.15, 0.2) is 53.3 Å². The van der Waals surface area contributed by atoms with Gasteiger partial charge in [-0.05, 0) is 70.8 Å². The van der Waals surface area contributed by atoms with Gasteiger partial charge in [0.1, 0.15) is 5.82 Å². The summed E-state index contributed by atoms with van der Waals surface area (Å²) >= 11 is 0. The molecular formula is C28H33FN6O. The van der Waals surface area contributed by atoms with Gasteiger partial charge in [-0.2, -0.15) is 0 Å². The number of aryl methyl sites for hydroxylation is 1. The Morgan fingerprint density at radius 2 is 1.89 bits per heavy atom. The summed E-state index contributed by atoms with van der Waals surface area (Å²) in [7, 11) is 0. The van der Waals surface area contributed by atoms with Crippen molar-refractivity contribution >= 4 is 10.9 Å². The Kier molecular flexibility index (Phi) is 6.96. The molecule has 5 rings (SSSR count). The largest absolute Gasteiger partial charge is 0.321 e. The number of aromatic amines is 1. The molecule has 1 atom stereocenters. The average Bonchev–Trinajstić information content (AvgIpc) is 3.54. The highest BCUT2D eigenvalue weighted by molar-refractivity contribution is 5.81. The highest BCUT2D eigenvalue weighted by Crippen LogP contribution is 2.36. The van der Waals surface area contributed by atoms with Crippen molar-refractivity contribution in [1.82, 2.24) is 30.1 Å². The van der Waals surface area contributed by atoms with Crippen LogP contribution in [0.4, 0.5) is 4.39 Å². The van der Waals surface area contributed by atoms with E-state index < -0.39 is 0 Å². The van der Waals surface area contributed by atoms with E-state index in [0.29, 0.717) is 19.1 Å². The Morgan fingerprint density at radius 1 is 1.14 bits per heavy atom. The fourth-order valence-corrected chi connectivity index (χ4v) is 5.56. The molecule has 4 aromatic rings. The molecule has 2 heterocycles. The number of rotatable bonds is 8. The lowest BCUT2D eigenvalue weighted by Crippen LogP contribution is -2.41. The number of H-pyrrole nitrogens is 1. The van der Waals surface area contributed by atoms with Crippen molar-refractivity contribution in [3.8, 4) is 0 Å². The van der Waals surface area contributed by atoms with Gasteiger partial charge in [-0.15, -0.1) is 5.10 Å². The third-order valence-corrected chi connectivity index (χ3v) is 7.37. The minimum absolute atomic E-state index is 0.0480. The van der Waals surface area contributed by atoms with Crippen LogP contribution in [0.2, 0.25) is 0 Å². The number of para-hydroxylation sites is 1. The molecule has 188 valence electrons. The van der Waals surface area contributed by atoms with Gasteiger partial charge in [0.15, 0.2) is 5.82 Å². The summed E-state index contributed by atoms with van der Waals surface area (Å²) in [5.41, 5.74) is 3.59. The number of halogens is 1. The van der Waals surface area contributed by atoms with Crippen LogP contribution in [0.25, 0.3) is 10.9 Å². The summed E-state index contributed by atoms with van der Waals surface area (Å²) < 4.78 is 15.2. The van der Waals surface area contributed by atoms with Crippen molar-refractivity contribution in [3.63, 3.8) is 0 Å². The number of hydrogen-bond acceptors (Lipinski definition) is 5. The molecule has 7 nitrogen and oxygen atoms in total. The van der Waals surface area contributed by atoms with Crippen molar-refractivity contribution in [2.45, 2.75) is 71.6 Å². The second-order valence-electron chi connectivity index (χ2n) is 10.3. The highest BCUT2D eigenvalue weighted by Gasteiger charge is 2.35. The van der Waals surface area contributed by atoms with Crippen LogP contribution in [0.5, 0.6) is 0 Å². The minimum atomic E-state index is -0.265. The van der Waals surface area contributed by atoms with Gasteiger partial charge in [0.25, 0.3) is 5.56 Å². The Morgan fingerprint density at radius 3 is 2.61 bits per heavy atom. The summed E-state index contributed by atoms with van der Waals surface area (Å²) in [5, 5.41) is 13.8. The number of nitrogens with zero attached hydrogens (tertiary/aromatic N) is 5. The standard InChI is InChI=1S/C28H33FN6O/c1-18(2)26(27-31-32-33-35(27)16-20-11-13-23(29)14-12-20)34(24-9-4-5-10-24)17-22-15-21-8-6-7-19(3)25(21)30-28(22)36/h6-8,11-15,18,24,26H,4-5,9-10,16-17H2,1-3H3,(H,30,36). The molecule has 0 saturated heterocycles. The van der Waals surface area contributed by atoms with Crippen LogP contribution in [0.3, 0.4) is 0 Å². The number of hydrogen-bond donors (Lipinski definition) is 1. The first kappa shape index (κ1) is 24.3. The topological polar surface area (TPSA) is 79.7 Å². The molecule has 1 aliphatic rings. The monoisotopic (exact) mass is 488 g/mol. The van der Waals surface area contributed by atoms with Gasteiger partial charge in [0, 0.05) is 18.2 Å².